The van der Waals surface area contributed by atoms with Crippen molar-refractivity contribution in [3.63, 3.8) is 0 Å². The molecular formula is C15H19N5O3. The first kappa shape index (κ1) is 16.3. The lowest BCUT2D eigenvalue weighted by Gasteiger charge is -2.12. The number of benzene rings is 1. The molecule has 0 unspecified atom stereocenters. The predicted octanol–water partition coefficient (Wildman–Crippen LogP) is 1.36. The molecule has 122 valence electrons. The number of nitrogens with zero attached hydrogens (tertiary/aromatic N) is 3. The maximum Gasteiger partial charge on any atom is 0.332 e. The van der Waals surface area contributed by atoms with Crippen molar-refractivity contribution in [2.45, 2.75) is 13.5 Å². The van der Waals surface area contributed by atoms with Crippen LogP contribution in [0.4, 0.5) is 4.79 Å². The van der Waals surface area contributed by atoms with E-state index in [1.807, 2.05) is 17.7 Å². The number of carbonyl (C=O) groups excluding carboxylic acids is 1. The summed E-state index contributed by atoms with van der Waals surface area (Å²) in [5, 5.41) is 3.71. The summed E-state index contributed by atoms with van der Waals surface area (Å²) in [7, 11) is 0. The minimum Gasteiger partial charge on any atom is -0.490 e. The van der Waals surface area contributed by atoms with Gasteiger partial charge in [0, 0.05) is 12.4 Å². The third kappa shape index (κ3) is 5.34. The number of rotatable bonds is 8. The third-order valence-electron chi connectivity index (χ3n) is 2.82. The molecule has 2 amide bonds. The molecule has 0 bridgehead atoms. The fraction of sp³-hybridized carbons (Fsp3) is 0.267. The van der Waals surface area contributed by atoms with E-state index in [-0.39, 0.29) is 0 Å². The first-order chi connectivity index (χ1) is 11.2. The van der Waals surface area contributed by atoms with E-state index < -0.39 is 6.03 Å². The van der Waals surface area contributed by atoms with Crippen LogP contribution in [-0.2, 0) is 6.54 Å². The minimum absolute atomic E-state index is 0.493. The molecule has 1 aromatic heterocycles. The van der Waals surface area contributed by atoms with E-state index in [9.17, 15) is 4.79 Å². The summed E-state index contributed by atoms with van der Waals surface area (Å²) in [5.74, 6) is 1.26. The molecule has 0 fully saturated rings. The van der Waals surface area contributed by atoms with Gasteiger partial charge in [-0.25, -0.2) is 15.2 Å². The highest BCUT2D eigenvalue weighted by molar-refractivity contribution is 5.82. The van der Waals surface area contributed by atoms with Crippen LogP contribution < -0.4 is 20.6 Å². The third-order valence-corrected chi connectivity index (χ3v) is 2.82. The summed E-state index contributed by atoms with van der Waals surface area (Å²) < 4.78 is 13.3. The van der Waals surface area contributed by atoms with Crippen LogP contribution in [0.1, 0.15) is 12.5 Å². The Morgan fingerprint density at radius 3 is 3.00 bits per heavy atom. The zero-order chi connectivity index (χ0) is 16.5. The molecule has 0 saturated heterocycles. The molecule has 2 rings (SSSR count). The molecule has 23 heavy (non-hydrogen) atoms. The van der Waals surface area contributed by atoms with Crippen molar-refractivity contribution in [2.75, 3.05) is 13.2 Å². The molecule has 0 aliphatic rings. The Hall–Kier alpha value is -3.03. The van der Waals surface area contributed by atoms with E-state index >= 15 is 0 Å². The van der Waals surface area contributed by atoms with Gasteiger partial charge < -0.3 is 19.8 Å². The molecule has 0 aliphatic carbocycles. The van der Waals surface area contributed by atoms with Crippen LogP contribution in [0.5, 0.6) is 11.5 Å². The lowest BCUT2D eigenvalue weighted by molar-refractivity contribution is 0.249. The number of imidazole rings is 1. The minimum atomic E-state index is -0.717. The number of hydrogen-bond donors (Lipinski definition) is 2. The van der Waals surface area contributed by atoms with Crippen LogP contribution >= 0.6 is 0 Å². The van der Waals surface area contributed by atoms with E-state index in [0.717, 1.165) is 5.56 Å². The maximum absolute atomic E-state index is 10.6. The molecule has 0 aliphatic heterocycles. The summed E-state index contributed by atoms with van der Waals surface area (Å²) in [6.07, 6.45) is 6.80. The summed E-state index contributed by atoms with van der Waals surface area (Å²) in [4.78, 5) is 14.6. The van der Waals surface area contributed by atoms with Crippen molar-refractivity contribution in [3.05, 3.63) is 42.5 Å². The SMILES string of the molecule is CCOc1cc(C=NNC(N)=O)ccc1OCCn1ccnc1. The van der Waals surface area contributed by atoms with Crippen molar-refractivity contribution in [1.82, 2.24) is 15.0 Å². The average Bonchev–Trinajstić information content (AvgIpc) is 3.02. The van der Waals surface area contributed by atoms with E-state index in [2.05, 4.69) is 15.5 Å². The van der Waals surface area contributed by atoms with Gasteiger partial charge in [0.15, 0.2) is 11.5 Å². The van der Waals surface area contributed by atoms with Gasteiger partial charge in [-0.15, -0.1) is 0 Å². The number of urea groups is 1. The van der Waals surface area contributed by atoms with Crippen LogP contribution in [-0.4, -0.2) is 35.0 Å². The molecule has 8 heteroatoms. The fourth-order valence-electron chi connectivity index (χ4n) is 1.84. The summed E-state index contributed by atoms with van der Waals surface area (Å²) in [6, 6.07) is 4.67. The summed E-state index contributed by atoms with van der Waals surface area (Å²) >= 11 is 0. The van der Waals surface area contributed by atoms with Crippen LogP contribution in [0.2, 0.25) is 0 Å². The van der Waals surface area contributed by atoms with Crippen molar-refractivity contribution >= 4 is 12.2 Å². The monoisotopic (exact) mass is 317 g/mol. The molecule has 1 heterocycles. The van der Waals surface area contributed by atoms with E-state index in [1.165, 1.54) is 6.21 Å². The van der Waals surface area contributed by atoms with Gasteiger partial charge in [0.05, 0.1) is 25.7 Å². The number of nitrogens with one attached hydrogen (secondary N) is 1. The Morgan fingerprint density at radius 1 is 1.43 bits per heavy atom. The van der Waals surface area contributed by atoms with E-state index in [1.54, 1.807) is 30.7 Å². The van der Waals surface area contributed by atoms with Crippen molar-refractivity contribution in [3.8, 4) is 11.5 Å². The van der Waals surface area contributed by atoms with Crippen molar-refractivity contribution < 1.29 is 14.3 Å². The highest BCUT2D eigenvalue weighted by atomic mass is 16.5. The van der Waals surface area contributed by atoms with Gasteiger partial charge in [0.2, 0.25) is 0 Å². The first-order valence-corrected chi connectivity index (χ1v) is 7.13. The second kappa shape index (κ2) is 8.42. The molecule has 2 aromatic rings. The quantitative estimate of drug-likeness (QED) is 0.566. The lowest BCUT2D eigenvalue weighted by atomic mass is 10.2. The van der Waals surface area contributed by atoms with Gasteiger partial charge in [-0.3, -0.25) is 0 Å². The standard InChI is InChI=1S/C15H19N5O3/c1-2-22-14-9-12(10-18-19-15(16)21)3-4-13(14)23-8-7-20-6-5-17-11-20/h3-6,9-11H,2,7-8H2,1H3,(H3,16,19,21). The molecule has 0 spiro atoms. The van der Waals surface area contributed by atoms with Gasteiger partial charge >= 0.3 is 6.03 Å². The number of nitrogens with two attached hydrogens (primary N) is 1. The summed E-state index contributed by atoms with van der Waals surface area (Å²) in [5.41, 5.74) is 7.83. The van der Waals surface area contributed by atoms with Crippen LogP contribution in [0.15, 0.2) is 42.0 Å². The Balaban J connectivity index is 2.00. The average molecular weight is 317 g/mol. The van der Waals surface area contributed by atoms with Gasteiger partial charge in [0.1, 0.15) is 6.61 Å². The number of carbonyl (C=O) groups is 1. The highest BCUT2D eigenvalue weighted by Crippen LogP contribution is 2.28. The first-order valence-electron chi connectivity index (χ1n) is 7.13. The van der Waals surface area contributed by atoms with Crippen molar-refractivity contribution in [1.29, 1.82) is 0 Å². The molecule has 8 nitrogen and oxygen atoms in total. The van der Waals surface area contributed by atoms with Gasteiger partial charge in [0.25, 0.3) is 0 Å². The number of hydrogen-bond acceptors (Lipinski definition) is 5. The lowest BCUT2D eigenvalue weighted by Crippen LogP contribution is -2.24. The second-order valence-corrected chi connectivity index (χ2v) is 4.52. The number of ether oxygens (including phenoxy) is 2. The second-order valence-electron chi connectivity index (χ2n) is 4.52. The zero-order valence-corrected chi connectivity index (χ0v) is 12.8. The molecule has 3 N–H and O–H groups in total. The van der Waals surface area contributed by atoms with Gasteiger partial charge in [-0.05, 0) is 30.7 Å². The Labute approximate surface area is 133 Å². The van der Waals surface area contributed by atoms with Crippen LogP contribution in [0.25, 0.3) is 0 Å². The maximum atomic E-state index is 10.6. The number of amides is 2. The fourth-order valence-corrected chi connectivity index (χ4v) is 1.84. The Morgan fingerprint density at radius 2 is 2.30 bits per heavy atom. The van der Waals surface area contributed by atoms with Crippen molar-refractivity contribution in [2.24, 2.45) is 10.8 Å². The smallest absolute Gasteiger partial charge is 0.332 e. The predicted molar refractivity (Wildman–Crippen MR) is 85.6 cm³/mol. The van der Waals surface area contributed by atoms with E-state index in [0.29, 0.717) is 31.3 Å². The molecular weight excluding hydrogens is 298 g/mol. The molecule has 0 saturated carbocycles. The Kier molecular flexibility index (Phi) is 5.98. The zero-order valence-electron chi connectivity index (χ0n) is 12.8. The highest BCUT2D eigenvalue weighted by Gasteiger charge is 2.06. The van der Waals surface area contributed by atoms with E-state index in [4.69, 9.17) is 15.2 Å². The van der Waals surface area contributed by atoms with Gasteiger partial charge in [-0.2, -0.15) is 5.10 Å². The van der Waals surface area contributed by atoms with Crippen LogP contribution in [0, 0.1) is 0 Å². The number of hydrazone groups is 1. The number of primary amides is 1. The summed E-state index contributed by atoms with van der Waals surface area (Å²) in [6.45, 7) is 3.59. The topological polar surface area (TPSA) is 104 Å². The van der Waals surface area contributed by atoms with Gasteiger partial charge in [-0.1, -0.05) is 0 Å². The molecule has 1 aromatic carbocycles. The van der Waals surface area contributed by atoms with Crippen LogP contribution in [0.3, 0.4) is 0 Å². The molecule has 0 radical (unpaired) electrons. The largest absolute Gasteiger partial charge is 0.490 e. The molecule has 0 atom stereocenters. The Bertz CT molecular complexity index is 655. The normalized spacial score (nSPS) is 10.7. The number of aromatic nitrogens is 2.